The molecule has 1 aliphatic heterocycles. The number of fused-ring (bicyclic) bond motifs is 2. The molecule has 144 valence electrons. The number of carbonyl (C=O) groups excluding carboxylic acids is 1. The van der Waals surface area contributed by atoms with E-state index in [4.69, 9.17) is 9.47 Å². The molecule has 28 heavy (non-hydrogen) atoms. The second-order valence-electron chi connectivity index (χ2n) is 7.06. The van der Waals surface area contributed by atoms with Crippen molar-refractivity contribution in [3.05, 3.63) is 71.3 Å². The molecule has 0 unspecified atom stereocenters. The summed E-state index contributed by atoms with van der Waals surface area (Å²) in [6.45, 7) is 3.98. The lowest BCUT2D eigenvalue weighted by atomic mass is 9.99. The molecule has 5 nitrogen and oxygen atoms in total. The largest absolute Gasteiger partial charge is 0.486 e. The van der Waals surface area contributed by atoms with Crippen LogP contribution < -0.4 is 14.8 Å². The van der Waals surface area contributed by atoms with Crippen LogP contribution in [-0.2, 0) is 0 Å². The maximum Gasteiger partial charge on any atom is 0.252 e. The van der Waals surface area contributed by atoms with E-state index in [9.17, 15) is 9.90 Å². The molecular weight excluding hydrogens is 354 g/mol. The number of ether oxygens (including phenoxy) is 2. The Morgan fingerprint density at radius 3 is 2.79 bits per heavy atom. The average Bonchev–Trinajstić information content (AvgIpc) is 2.73. The van der Waals surface area contributed by atoms with E-state index in [1.54, 1.807) is 12.1 Å². The zero-order valence-electron chi connectivity index (χ0n) is 15.9. The minimum Gasteiger partial charge on any atom is -0.486 e. The Morgan fingerprint density at radius 2 is 1.96 bits per heavy atom. The standard InChI is InChI=1S/C23H23NO4/c1-14-18(10-11-21-22(14)28-17(12-25)13-27-21)23(26)24-15(2)19-9-5-7-16-6-3-4-8-20(16)19/h3-11,15,17,25H,12-13H2,1-2H3,(H,24,26)/t15-,17+/m1/s1. The Morgan fingerprint density at radius 1 is 1.18 bits per heavy atom. The average molecular weight is 377 g/mol. The summed E-state index contributed by atoms with van der Waals surface area (Å²) in [5, 5.41) is 14.7. The van der Waals surface area contributed by atoms with Gasteiger partial charge in [0.05, 0.1) is 12.6 Å². The second-order valence-corrected chi connectivity index (χ2v) is 7.06. The summed E-state index contributed by atoms with van der Waals surface area (Å²) in [5.74, 6) is 0.951. The van der Waals surface area contributed by atoms with Gasteiger partial charge in [0, 0.05) is 11.1 Å². The third-order valence-electron chi connectivity index (χ3n) is 5.16. The van der Waals surface area contributed by atoms with Crippen LogP contribution in [-0.4, -0.2) is 30.3 Å². The SMILES string of the molecule is Cc1c(C(=O)N[C@H](C)c2cccc3ccccc23)ccc2c1O[C@@H](CO)CO2. The molecule has 0 aliphatic carbocycles. The number of rotatable bonds is 4. The van der Waals surface area contributed by atoms with Gasteiger partial charge in [0.15, 0.2) is 17.6 Å². The van der Waals surface area contributed by atoms with E-state index in [2.05, 4.69) is 23.5 Å². The van der Waals surface area contributed by atoms with Gasteiger partial charge in [-0.05, 0) is 42.3 Å². The Balaban J connectivity index is 1.60. The minimum absolute atomic E-state index is 0.132. The zero-order chi connectivity index (χ0) is 19.7. The fourth-order valence-corrected chi connectivity index (χ4v) is 3.63. The maximum atomic E-state index is 13.0. The van der Waals surface area contributed by atoms with E-state index in [1.807, 2.05) is 38.1 Å². The molecule has 5 heteroatoms. The molecule has 0 bridgehead atoms. The monoisotopic (exact) mass is 377 g/mol. The molecule has 1 heterocycles. The molecule has 0 radical (unpaired) electrons. The smallest absolute Gasteiger partial charge is 0.252 e. The maximum absolute atomic E-state index is 13.0. The number of hydrogen-bond donors (Lipinski definition) is 2. The predicted octanol–water partition coefficient (Wildman–Crippen LogP) is 3.77. The Hall–Kier alpha value is -3.05. The number of nitrogens with one attached hydrogen (secondary N) is 1. The highest BCUT2D eigenvalue weighted by molar-refractivity contribution is 5.97. The van der Waals surface area contributed by atoms with Crippen LogP contribution in [0.5, 0.6) is 11.5 Å². The van der Waals surface area contributed by atoms with Gasteiger partial charge in [-0.15, -0.1) is 0 Å². The molecule has 0 aromatic heterocycles. The highest BCUT2D eigenvalue weighted by Crippen LogP contribution is 2.37. The summed E-state index contributed by atoms with van der Waals surface area (Å²) in [6, 6.07) is 17.6. The molecule has 1 aliphatic rings. The Bertz CT molecular complexity index is 1030. The first-order valence-corrected chi connectivity index (χ1v) is 9.41. The van der Waals surface area contributed by atoms with E-state index in [0.717, 1.165) is 16.3 Å². The molecule has 0 saturated carbocycles. The highest BCUT2D eigenvalue weighted by atomic mass is 16.6. The van der Waals surface area contributed by atoms with Gasteiger partial charge in [0.25, 0.3) is 5.91 Å². The van der Waals surface area contributed by atoms with Crippen LogP contribution in [0.2, 0.25) is 0 Å². The molecular formula is C23H23NO4. The molecule has 3 aromatic rings. The van der Waals surface area contributed by atoms with Crippen molar-refractivity contribution in [2.45, 2.75) is 26.0 Å². The van der Waals surface area contributed by atoms with E-state index in [0.29, 0.717) is 29.2 Å². The molecule has 0 spiro atoms. The van der Waals surface area contributed by atoms with Crippen molar-refractivity contribution in [3.8, 4) is 11.5 Å². The van der Waals surface area contributed by atoms with Crippen LogP contribution >= 0.6 is 0 Å². The van der Waals surface area contributed by atoms with Gasteiger partial charge in [0.2, 0.25) is 0 Å². The molecule has 2 N–H and O–H groups in total. The fraction of sp³-hybridized carbons (Fsp3) is 0.261. The third-order valence-corrected chi connectivity index (χ3v) is 5.16. The molecule has 1 amide bonds. The lowest BCUT2D eigenvalue weighted by Crippen LogP contribution is -2.33. The van der Waals surface area contributed by atoms with Crippen LogP contribution in [0.15, 0.2) is 54.6 Å². The van der Waals surface area contributed by atoms with Crippen molar-refractivity contribution in [1.82, 2.24) is 5.32 Å². The lowest BCUT2D eigenvalue weighted by molar-refractivity contribution is 0.0448. The van der Waals surface area contributed by atoms with Crippen LogP contribution in [0, 0.1) is 6.92 Å². The van der Waals surface area contributed by atoms with Crippen molar-refractivity contribution in [1.29, 1.82) is 0 Å². The summed E-state index contributed by atoms with van der Waals surface area (Å²) in [4.78, 5) is 13.0. The van der Waals surface area contributed by atoms with Gasteiger partial charge in [-0.2, -0.15) is 0 Å². The normalized spacial score (nSPS) is 16.6. The number of hydrogen-bond acceptors (Lipinski definition) is 4. The van der Waals surface area contributed by atoms with E-state index < -0.39 is 6.10 Å². The van der Waals surface area contributed by atoms with Crippen LogP contribution in [0.25, 0.3) is 10.8 Å². The number of benzene rings is 3. The summed E-state index contributed by atoms with van der Waals surface area (Å²) in [5.41, 5.74) is 2.31. The van der Waals surface area contributed by atoms with Crippen molar-refractivity contribution in [2.24, 2.45) is 0 Å². The third kappa shape index (κ3) is 3.29. The number of aliphatic hydroxyl groups is 1. The van der Waals surface area contributed by atoms with Gasteiger partial charge in [-0.25, -0.2) is 0 Å². The Kier molecular flexibility index (Phi) is 4.92. The van der Waals surface area contributed by atoms with Gasteiger partial charge >= 0.3 is 0 Å². The van der Waals surface area contributed by atoms with Gasteiger partial charge in [0.1, 0.15) is 6.61 Å². The molecule has 0 saturated heterocycles. The van der Waals surface area contributed by atoms with Crippen molar-refractivity contribution in [3.63, 3.8) is 0 Å². The summed E-state index contributed by atoms with van der Waals surface area (Å²) in [6.07, 6.45) is -0.417. The summed E-state index contributed by atoms with van der Waals surface area (Å²) >= 11 is 0. The van der Waals surface area contributed by atoms with Crippen LogP contribution in [0.3, 0.4) is 0 Å². The van der Waals surface area contributed by atoms with Gasteiger partial charge in [-0.1, -0.05) is 42.5 Å². The number of aliphatic hydroxyl groups excluding tert-OH is 1. The molecule has 2 atom stereocenters. The summed E-state index contributed by atoms with van der Waals surface area (Å²) in [7, 11) is 0. The Labute approximate surface area is 163 Å². The first-order valence-electron chi connectivity index (χ1n) is 9.41. The van der Waals surface area contributed by atoms with Crippen molar-refractivity contribution < 1.29 is 19.4 Å². The predicted molar refractivity (Wildman–Crippen MR) is 108 cm³/mol. The van der Waals surface area contributed by atoms with Crippen molar-refractivity contribution >= 4 is 16.7 Å². The fourth-order valence-electron chi connectivity index (χ4n) is 3.63. The highest BCUT2D eigenvalue weighted by Gasteiger charge is 2.25. The zero-order valence-corrected chi connectivity index (χ0v) is 15.9. The van der Waals surface area contributed by atoms with E-state index in [1.165, 1.54) is 0 Å². The second kappa shape index (κ2) is 7.52. The quantitative estimate of drug-likeness (QED) is 0.726. The topological polar surface area (TPSA) is 67.8 Å². The van der Waals surface area contributed by atoms with Crippen LogP contribution in [0.1, 0.15) is 34.5 Å². The van der Waals surface area contributed by atoms with E-state index >= 15 is 0 Å². The van der Waals surface area contributed by atoms with Gasteiger partial charge in [-0.3, -0.25) is 4.79 Å². The van der Waals surface area contributed by atoms with Gasteiger partial charge < -0.3 is 19.9 Å². The number of amides is 1. The minimum atomic E-state index is -0.417. The first kappa shape index (κ1) is 18.3. The molecule has 0 fully saturated rings. The van der Waals surface area contributed by atoms with Crippen molar-refractivity contribution in [2.75, 3.05) is 13.2 Å². The number of carbonyl (C=O) groups is 1. The lowest BCUT2D eigenvalue weighted by Gasteiger charge is -2.27. The molecule has 4 rings (SSSR count). The van der Waals surface area contributed by atoms with E-state index in [-0.39, 0.29) is 18.6 Å². The molecule has 3 aromatic carbocycles. The first-order chi connectivity index (χ1) is 13.6. The summed E-state index contributed by atoms with van der Waals surface area (Å²) < 4.78 is 11.4. The van der Waals surface area contributed by atoms with Crippen LogP contribution in [0.4, 0.5) is 0 Å².